The molecule has 1 heteroatoms. The molecule has 1 rings (SSSR count). The Morgan fingerprint density at radius 3 is 2.36 bits per heavy atom. The van der Waals surface area contributed by atoms with Gasteiger partial charge in [-0.1, -0.05) is 51.9 Å². The van der Waals surface area contributed by atoms with Crippen molar-refractivity contribution in [1.29, 1.82) is 0 Å². The first-order valence-electron chi connectivity index (χ1n) is 6.48. The van der Waals surface area contributed by atoms with E-state index in [0.29, 0.717) is 5.38 Å². The smallest absolute Gasteiger partial charge is 0.0364 e. The van der Waals surface area contributed by atoms with E-state index in [1.165, 1.54) is 64.2 Å². The van der Waals surface area contributed by atoms with Crippen LogP contribution in [0.1, 0.15) is 71.1 Å². The summed E-state index contributed by atoms with van der Waals surface area (Å²) < 4.78 is 0. The van der Waals surface area contributed by atoms with Crippen LogP contribution in [0, 0.1) is 5.92 Å². The number of rotatable bonds is 7. The lowest BCUT2D eigenvalue weighted by atomic mass is 9.98. The summed E-state index contributed by atoms with van der Waals surface area (Å²) in [5.41, 5.74) is 0. The van der Waals surface area contributed by atoms with Crippen molar-refractivity contribution in [3.8, 4) is 0 Å². The SMILES string of the molecule is CCCCCCCC(Cl)C1CCCC1. The lowest BCUT2D eigenvalue weighted by Gasteiger charge is -2.16. The number of hydrogen-bond acceptors (Lipinski definition) is 0. The topological polar surface area (TPSA) is 0 Å². The van der Waals surface area contributed by atoms with Crippen LogP contribution in [0.2, 0.25) is 0 Å². The number of halogens is 1. The Bertz CT molecular complexity index is 127. The monoisotopic (exact) mass is 216 g/mol. The maximum Gasteiger partial charge on any atom is 0.0364 e. The first kappa shape index (κ1) is 12.4. The molecule has 0 bridgehead atoms. The lowest BCUT2D eigenvalue weighted by Crippen LogP contribution is -2.10. The quantitative estimate of drug-likeness (QED) is 0.408. The van der Waals surface area contributed by atoms with Crippen molar-refractivity contribution in [1.82, 2.24) is 0 Å². The summed E-state index contributed by atoms with van der Waals surface area (Å²) in [5.74, 6) is 0.850. The second-order valence-corrected chi connectivity index (χ2v) is 5.32. The van der Waals surface area contributed by atoms with Gasteiger partial charge in [-0.05, 0) is 25.2 Å². The first-order valence-corrected chi connectivity index (χ1v) is 6.92. The van der Waals surface area contributed by atoms with E-state index in [1.807, 2.05) is 0 Å². The van der Waals surface area contributed by atoms with Gasteiger partial charge < -0.3 is 0 Å². The minimum absolute atomic E-state index is 0.485. The van der Waals surface area contributed by atoms with Crippen molar-refractivity contribution < 1.29 is 0 Å². The Balaban J connectivity index is 1.94. The van der Waals surface area contributed by atoms with Crippen LogP contribution in [0.4, 0.5) is 0 Å². The Morgan fingerprint density at radius 1 is 1.07 bits per heavy atom. The number of alkyl halides is 1. The molecule has 0 aromatic rings. The van der Waals surface area contributed by atoms with Crippen molar-refractivity contribution in [3.63, 3.8) is 0 Å². The predicted octanol–water partition coefficient (Wildman–Crippen LogP) is 5.14. The van der Waals surface area contributed by atoms with Crippen LogP contribution in [0.3, 0.4) is 0 Å². The van der Waals surface area contributed by atoms with Gasteiger partial charge in [0.25, 0.3) is 0 Å². The Kier molecular flexibility index (Phi) is 6.68. The van der Waals surface area contributed by atoms with E-state index in [-0.39, 0.29) is 0 Å². The zero-order valence-electron chi connectivity index (χ0n) is 9.60. The molecule has 0 amide bonds. The molecule has 0 N–H and O–H groups in total. The van der Waals surface area contributed by atoms with Gasteiger partial charge in [0.2, 0.25) is 0 Å². The van der Waals surface area contributed by atoms with Crippen LogP contribution < -0.4 is 0 Å². The maximum absolute atomic E-state index is 6.40. The molecule has 0 aromatic heterocycles. The molecule has 1 saturated carbocycles. The van der Waals surface area contributed by atoms with Gasteiger partial charge in [0.15, 0.2) is 0 Å². The Hall–Kier alpha value is 0.290. The molecule has 1 atom stereocenters. The fourth-order valence-electron chi connectivity index (χ4n) is 2.50. The normalized spacial score (nSPS) is 20.1. The summed E-state index contributed by atoms with van der Waals surface area (Å²) in [7, 11) is 0. The molecular weight excluding hydrogens is 192 g/mol. The van der Waals surface area contributed by atoms with Gasteiger partial charge in [0, 0.05) is 5.38 Å². The zero-order valence-corrected chi connectivity index (χ0v) is 10.4. The van der Waals surface area contributed by atoms with E-state index in [9.17, 15) is 0 Å². The molecule has 0 saturated heterocycles. The van der Waals surface area contributed by atoms with Gasteiger partial charge in [0.05, 0.1) is 0 Å². The van der Waals surface area contributed by atoms with Crippen molar-refractivity contribution >= 4 is 11.6 Å². The summed E-state index contributed by atoms with van der Waals surface area (Å²) in [4.78, 5) is 0. The highest BCUT2D eigenvalue weighted by Crippen LogP contribution is 2.32. The summed E-state index contributed by atoms with van der Waals surface area (Å²) in [6.07, 6.45) is 13.8. The van der Waals surface area contributed by atoms with Crippen LogP contribution in [0.25, 0.3) is 0 Å². The van der Waals surface area contributed by atoms with Crippen molar-refractivity contribution in [2.24, 2.45) is 5.92 Å². The van der Waals surface area contributed by atoms with Gasteiger partial charge in [-0.15, -0.1) is 11.6 Å². The van der Waals surface area contributed by atoms with Gasteiger partial charge in [-0.2, -0.15) is 0 Å². The molecule has 0 spiro atoms. The highest BCUT2D eigenvalue weighted by molar-refractivity contribution is 6.20. The molecule has 1 fully saturated rings. The predicted molar refractivity (Wildman–Crippen MR) is 65.0 cm³/mol. The zero-order chi connectivity index (χ0) is 10.2. The molecule has 0 radical (unpaired) electrons. The average molecular weight is 217 g/mol. The highest BCUT2D eigenvalue weighted by atomic mass is 35.5. The molecule has 0 aliphatic heterocycles. The first-order chi connectivity index (χ1) is 6.84. The highest BCUT2D eigenvalue weighted by Gasteiger charge is 2.22. The molecule has 0 aromatic carbocycles. The Labute approximate surface area is 94.4 Å². The summed E-state index contributed by atoms with van der Waals surface area (Å²) >= 11 is 6.40. The number of hydrogen-bond donors (Lipinski definition) is 0. The molecule has 1 unspecified atom stereocenters. The largest absolute Gasteiger partial charge is 0.123 e. The molecule has 14 heavy (non-hydrogen) atoms. The van der Waals surface area contributed by atoms with Gasteiger partial charge >= 0.3 is 0 Å². The second-order valence-electron chi connectivity index (χ2n) is 4.76. The van der Waals surface area contributed by atoms with Crippen molar-refractivity contribution in [2.75, 3.05) is 0 Å². The van der Waals surface area contributed by atoms with Crippen LogP contribution in [-0.4, -0.2) is 5.38 Å². The fourth-order valence-corrected chi connectivity index (χ4v) is 2.90. The van der Waals surface area contributed by atoms with Gasteiger partial charge in [0.1, 0.15) is 0 Å². The van der Waals surface area contributed by atoms with Crippen LogP contribution in [0.5, 0.6) is 0 Å². The van der Waals surface area contributed by atoms with E-state index in [0.717, 1.165) is 5.92 Å². The third kappa shape index (κ3) is 4.68. The number of unbranched alkanes of at least 4 members (excludes halogenated alkanes) is 4. The van der Waals surface area contributed by atoms with Crippen LogP contribution in [0.15, 0.2) is 0 Å². The van der Waals surface area contributed by atoms with E-state index in [2.05, 4.69) is 6.92 Å². The molecule has 0 nitrogen and oxygen atoms in total. The molecule has 1 aliphatic carbocycles. The summed E-state index contributed by atoms with van der Waals surface area (Å²) in [5, 5.41) is 0.485. The minimum atomic E-state index is 0.485. The third-order valence-electron chi connectivity index (χ3n) is 3.49. The third-order valence-corrected chi connectivity index (χ3v) is 4.07. The van der Waals surface area contributed by atoms with Crippen LogP contribution >= 0.6 is 11.6 Å². The molecular formula is C13H25Cl. The summed E-state index contributed by atoms with van der Waals surface area (Å²) in [6.45, 7) is 2.27. The van der Waals surface area contributed by atoms with Gasteiger partial charge in [-0.25, -0.2) is 0 Å². The maximum atomic E-state index is 6.40. The van der Waals surface area contributed by atoms with Crippen molar-refractivity contribution in [2.45, 2.75) is 76.5 Å². The average Bonchev–Trinajstić information content (AvgIpc) is 2.70. The van der Waals surface area contributed by atoms with E-state index in [4.69, 9.17) is 11.6 Å². The van der Waals surface area contributed by atoms with E-state index in [1.54, 1.807) is 0 Å². The standard InChI is InChI=1S/C13H25Cl/c1-2-3-4-5-6-11-13(14)12-9-7-8-10-12/h12-13H,2-11H2,1H3. The van der Waals surface area contributed by atoms with E-state index >= 15 is 0 Å². The molecule has 0 heterocycles. The molecule has 84 valence electrons. The van der Waals surface area contributed by atoms with E-state index < -0.39 is 0 Å². The minimum Gasteiger partial charge on any atom is -0.123 e. The summed E-state index contributed by atoms with van der Waals surface area (Å²) in [6, 6.07) is 0. The Morgan fingerprint density at radius 2 is 1.71 bits per heavy atom. The second kappa shape index (κ2) is 7.56. The van der Waals surface area contributed by atoms with Gasteiger partial charge in [-0.3, -0.25) is 0 Å². The van der Waals surface area contributed by atoms with Crippen LogP contribution in [-0.2, 0) is 0 Å². The fraction of sp³-hybridized carbons (Fsp3) is 1.00. The van der Waals surface area contributed by atoms with Crippen molar-refractivity contribution in [3.05, 3.63) is 0 Å². The molecule has 1 aliphatic rings. The lowest BCUT2D eigenvalue weighted by molar-refractivity contribution is 0.470.